The number of carboxylic acid groups (broad SMARTS) is 1. The normalized spacial score (nSPS) is 17.5. The molecule has 216 valence electrons. The van der Waals surface area contributed by atoms with Crippen molar-refractivity contribution in [2.75, 3.05) is 26.2 Å². The van der Waals surface area contributed by atoms with Gasteiger partial charge in [-0.1, -0.05) is 23.7 Å². The largest absolute Gasteiger partial charge is 0.535 e. The molecular weight excluding hydrogens is 565 g/mol. The number of halogens is 1. The number of carbonyl (C=O) groups excluding carboxylic acids is 4. The number of imide groups is 1. The van der Waals surface area contributed by atoms with Crippen molar-refractivity contribution in [1.82, 2.24) is 20.1 Å². The molecule has 1 aromatic heterocycles. The second-order valence-corrected chi connectivity index (χ2v) is 9.77. The van der Waals surface area contributed by atoms with Crippen LogP contribution in [0.25, 0.3) is 0 Å². The molecule has 0 spiro atoms. The summed E-state index contributed by atoms with van der Waals surface area (Å²) < 4.78 is 5.43. The number of aromatic hydroxyl groups is 1. The number of hydrogen-bond donors (Lipinski definition) is 6. The molecule has 0 unspecified atom stereocenters. The van der Waals surface area contributed by atoms with E-state index < -0.39 is 71.2 Å². The molecule has 4 rings (SSSR count). The predicted octanol–water partition coefficient (Wildman–Crippen LogP) is -0.743. The average Bonchev–Trinajstić information content (AvgIpc) is 2.93. The van der Waals surface area contributed by atoms with E-state index in [0.29, 0.717) is 10.5 Å². The van der Waals surface area contributed by atoms with Gasteiger partial charge < -0.3 is 40.8 Å². The topological polar surface area (TPSA) is 233 Å². The van der Waals surface area contributed by atoms with E-state index in [2.05, 4.69) is 10.3 Å². The predicted molar refractivity (Wildman–Crippen MR) is 141 cm³/mol. The van der Waals surface area contributed by atoms with Gasteiger partial charge in [-0.25, -0.2) is 9.59 Å². The van der Waals surface area contributed by atoms with Gasteiger partial charge in [0.15, 0.2) is 11.5 Å². The van der Waals surface area contributed by atoms with Crippen molar-refractivity contribution in [3.8, 4) is 11.5 Å². The van der Waals surface area contributed by atoms with Crippen molar-refractivity contribution in [2.45, 2.75) is 24.7 Å². The Morgan fingerprint density at radius 2 is 1.95 bits per heavy atom. The third kappa shape index (κ3) is 5.89. The number of carboxylic acids is 1. The van der Waals surface area contributed by atoms with E-state index in [1.807, 2.05) is 0 Å². The van der Waals surface area contributed by atoms with Gasteiger partial charge in [-0.15, -0.1) is 0 Å². The van der Waals surface area contributed by atoms with Crippen LogP contribution in [0.1, 0.15) is 34.1 Å². The van der Waals surface area contributed by atoms with Crippen molar-refractivity contribution < 1.29 is 43.9 Å². The first-order valence-electron chi connectivity index (χ1n) is 12.4. The zero-order valence-electron chi connectivity index (χ0n) is 21.3. The number of ketones is 1. The van der Waals surface area contributed by atoms with Crippen LogP contribution in [-0.4, -0.2) is 92.9 Å². The van der Waals surface area contributed by atoms with E-state index in [1.54, 1.807) is 6.07 Å². The summed E-state index contributed by atoms with van der Waals surface area (Å²) in [5.41, 5.74) is 4.35. The minimum Gasteiger partial charge on any atom is -0.535 e. The number of pyridine rings is 1. The number of urea groups is 1. The van der Waals surface area contributed by atoms with Gasteiger partial charge in [0.05, 0.1) is 11.3 Å². The molecule has 1 fully saturated rings. The number of H-pyrrole nitrogens is 1. The molecule has 1 aromatic carbocycles. The second-order valence-electron chi connectivity index (χ2n) is 9.39. The number of nitrogens with two attached hydrogens (primary N) is 1. The first kappa shape index (κ1) is 29.6. The first-order chi connectivity index (χ1) is 19.4. The van der Waals surface area contributed by atoms with Gasteiger partial charge in [-0.05, 0) is 18.1 Å². The zero-order chi connectivity index (χ0) is 30.0. The number of carbonyl (C=O) groups is 5. The highest BCUT2D eigenvalue weighted by atomic mass is 35.5. The summed E-state index contributed by atoms with van der Waals surface area (Å²) >= 11 is 6.11. The van der Waals surface area contributed by atoms with Crippen LogP contribution in [0.15, 0.2) is 29.2 Å². The lowest BCUT2D eigenvalue weighted by molar-refractivity contribution is -0.153. The van der Waals surface area contributed by atoms with Crippen LogP contribution in [0.3, 0.4) is 0 Å². The van der Waals surface area contributed by atoms with E-state index in [1.165, 1.54) is 17.0 Å². The molecule has 2 atom stereocenters. The van der Waals surface area contributed by atoms with Gasteiger partial charge in [0.2, 0.25) is 5.43 Å². The summed E-state index contributed by atoms with van der Waals surface area (Å²) in [7, 11) is -1.60. The van der Waals surface area contributed by atoms with Crippen LogP contribution in [0, 0.1) is 0 Å². The number of rotatable bonds is 8. The molecule has 4 amide bonds. The fourth-order valence-electron chi connectivity index (χ4n) is 4.68. The maximum atomic E-state index is 13.6. The number of aromatic amines is 1. The summed E-state index contributed by atoms with van der Waals surface area (Å²) in [5.74, 6) is -5.87. The highest BCUT2D eigenvalue weighted by molar-refractivity contribution is 6.47. The number of piperazine rings is 1. The smallest absolute Gasteiger partial charge is 0.526 e. The molecule has 0 aliphatic carbocycles. The summed E-state index contributed by atoms with van der Waals surface area (Å²) in [6.45, 7) is 0.0185. The Morgan fingerprint density at radius 1 is 1.22 bits per heavy atom. The van der Waals surface area contributed by atoms with Crippen molar-refractivity contribution in [1.29, 1.82) is 0 Å². The quantitative estimate of drug-likeness (QED) is 0.166. The molecule has 15 nitrogen and oxygen atoms in total. The van der Waals surface area contributed by atoms with Crippen molar-refractivity contribution in [3.63, 3.8) is 0 Å². The highest BCUT2D eigenvalue weighted by Gasteiger charge is 2.41. The van der Waals surface area contributed by atoms with E-state index in [9.17, 15) is 44.0 Å². The number of hydrogen-bond acceptors (Lipinski definition) is 10. The molecule has 17 heteroatoms. The minimum atomic E-state index is -1.69. The van der Waals surface area contributed by atoms with Crippen LogP contribution >= 0.6 is 11.6 Å². The van der Waals surface area contributed by atoms with Crippen molar-refractivity contribution >= 4 is 48.3 Å². The maximum Gasteiger partial charge on any atom is 0.526 e. The second kappa shape index (κ2) is 12.0. The molecule has 0 saturated carbocycles. The molecule has 3 heterocycles. The van der Waals surface area contributed by atoms with E-state index in [-0.39, 0.29) is 49.6 Å². The lowest BCUT2D eigenvalue weighted by Crippen LogP contribution is -2.59. The van der Waals surface area contributed by atoms with Crippen molar-refractivity contribution in [2.24, 2.45) is 5.73 Å². The number of fused-ring (bicyclic) bond motifs is 1. The van der Waals surface area contributed by atoms with Gasteiger partial charge >= 0.3 is 30.9 Å². The van der Waals surface area contributed by atoms with Crippen LogP contribution in [-0.2, 0) is 20.8 Å². The van der Waals surface area contributed by atoms with E-state index in [0.717, 1.165) is 6.20 Å². The van der Waals surface area contributed by atoms with E-state index >= 15 is 0 Å². The molecule has 1 saturated heterocycles. The van der Waals surface area contributed by atoms with Crippen LogP contribution < -0.4 is 21.1 Å². The zero-order valence-corrected chi connectivity index (χ0v) is 22.1. The third-order valence-electron chi connectivity index (χ3n) is 6.78. The fourth-order valence-corrected chi connectivity index (χ4v) is 4.94. The van der Waals surface area contributed by atoms with E-state index in [4.69, 9.17) is 22.0 Å². The molecule has 41 heavy (non-hydrogen) atoms. The van der Waals surface area contributed by atoms with Crippen LogP contribution in [0.2, 0.25) is 10.8 Å². The Balaban J connectivity index is 1.60. The summed E-state index contributed by atoms with van der Waals surface area (Å²) in [5, 5.41) is 31.4. The Bertz CT molecular complexity index is 1480. The van der Waals surface area contributed by atoms with Gasteiger partial charge in [-0.3, -0.25) is 24.1 Å². The van der Waals surface area contributed by atoms with Gasteiger partial charge in [0.1, 0.15) is 16.8 Å². The fraction of sp³-hybridized carbons (Fsp3) is 0.333. The monoisotopic (exact) mass is 589 g/mol. The molecule has 7 N–H and O–H groups in total. The SMILES string of the molecule is NCCN1CCN(C(=O)N[C@H](C(=O)C[C@H]2Cc3cccc(C(=O)O)c3OB2O)c2[nH]cc(O)c(=O)c2Cl)C(=O)C1=O. The summed E-state index contributed by atoms with van der Waals surface area (Å²) in [4.78, 5) is 79.8. The van der Waals surface area contributed by atoms with Crippen LogP contribution in [0.4, 0.5) is 4.79 Å². The first-order valence-corrected chi connectivity index (χ1v) is 12.8. The highest BCUT2D eigenvalue weighted by Crippen LogP contribution is 2.37. The maximum absolute atomic E-state index is 13.6. The molecule has 0 radical (unpaired) electrons. The molecule has 2 aliphatic rings. The Labute approximate surface area is 237 Å². The number of amides is 4. The van der Waals surface area contributed by atoms with Gasteiger partial charge in [0, 0.05) is 44.6 Å². The number of aromatic carboxylic acids is 1. The number of para-hydroxylation sites is 1. The standard InChI is InChI=1S/C24H25BClN5O10/c26-16-18(28-10-15(33)19(16)34)17(29-24(39)31-7-6-30(5-4-27)21(35)22(31)36)14(32)9-12-8-11-2-1-3-13(23(37)38)20(11)41-25(12)40/h1-3,10,12,17,33,40H,4-9,27H2,(H,28,34)(H,29,39)(H,37,38)/t12-,17-/m1/s1. The molecular formula is C24H25BClN5O10. The number of aromatic nitrogens is 1. The Morgan fingerprint density at radius 3 is 2.63 bits per heavy atom. The van der Waals surface area contributed by atoms with Gasteiger partial charge in [0.25, 0.3) is 0 Å². The van der Waals surface area contributed by atoms with Crippen molar-refractivity contribution in [3.05, 3.63) is 56.5 Å². The number of nitrogens with one attached hydrogen (secondary N) is 2. The lowest BCUT2D eigenvalue weighted by atomic mass is 9.64. The molecule has 2 aliphatic heterocycles. The number of benzene rings is 1. The number of nitrogens with zero attached hydrogens (tertiary/aromatic N) is 2. The van der Waals surface area contributed by atoms with Gasteiger partial charge in [-0.2, -0.15) is 0 Å². The third-order valence-corrected chi connectivity index (χ3v) is 7.15. The van der Waals surface area contributed by atoms with Crippen LogP contribution in [0.5, 0.6) is 11.5 Å². The lowest BCUT2D eigenvalue weighted by Gasteiger charge is -2.33. The minimum absolute atomic E-state index is 0.00789. The molecule has 2 aromatic rings. The number of Topliss-reactive ketones (excluding diaryl/α,β-unsaturated/α-hetero) is 1. The average molecular weight is 590 g/mol. The Kier molecular flexibility index (Phi) is 8.65. The summed E-state index contributed by atoms with van der Waals surface area (Å²) in [6.07, 6.45) is 0.428. The Hall–Kier alpha value is -4.41. The summed E-state index contributed by atoms with van der Waals surface area (Å²) in [6, 6.07) is 1.54. The molecule has 0 bridgehead atoms.